The molecular formula is C13H23NO4. The van der Waals surface area contributed by atoms with Gasteiger partial charge in [0.25, 0.3) is 0 Å². The Morgan fingerprint density at radius 1 is 1.33 bits per heavy atom. The molecule has 1 N–H and O–H groups in total. The monoisotopic (exact) mass is 257 g/mol. The molecule has 104 valence electrons. The predicted molar refractivity (Wildman–Crippen MR) is 69.2 cm³/mol. The van der Waals surface area contributed by atoms with E-state index in [-0.39, 0.29) is 6.61 Å². The summed E-state index contributed by atoms with van der Waals surface area (Å²) in [6.07, 6.45) is 3.36. The van der Waals surface area contributed by atoms with E-state index in [2.05, 4.69) is 5.32 Å². The summed E-state index contributed by atoms with van der Waals surface area (Å²) in [5, 5.41) is 2.51. The summed E-state index contributed by atoms with van der Waals surface area (Å²) in [4.78, 5) is 23.2. The lowest BCUT2D eigenvalue weighted by Gasteiger charge is -2.22. The molecule has 0 saturated carbocycles. The summed E-state index contributed by atoms with van der Waals surface area (Å²) >= 11 is 0. The number of alkyl carbamates (subject to hydrolysis) is 1. The Hall–Kier alpha value is -1.52. The maximum atomic E-state index is 11.6. The zero-order valence-electron chi connectivity index (χ0n) is 11.8. The second-order valence-electron chi connectivity index (χ2n) is 4.76. The van der Waals surface area contributed by atoms with Crippen LogP contribution >= 0.6 is 0 Å². The minimum Gasteiger partial charge on any atom is -0.464 e. The molecule has 1 unspecified atom stereocenters. The first-order valence-corrected chi connectivity index (χ1v) is 6.07. The Morgan fingerprint density at radius 2 is 1.94 bits per heavy atom. The number of carbonyl (C=O) groups is 2. The van der Waals surface area contributed by atoms with Gasteiger partial charge in [-0.15, -0.1) is 0 Å². The largest absolute Gasteiger partial charge is 0.464 e. The molecule has 5 nitrogen and oxygen atoms in total. The van der Waals surface area contributed by atoms with Gasteiger partial charge < -0.3 is 14.8 Å². The molecule has 5 heteroatoms. The fourth-order valence-electron chi connectivity index (χ4n) is 1.18. The molecule has 0 fully saturated rings. The van der Waals surface area contributed by atoms with E-state index >= 15 is 0 Å². The van der Waals surface area contributed by atoms with Gasteiger partial charge in [-0.1, -0.05) is 12.2 Å². The molecule has 0 heterocycles. The van der Waals surface area contributed by atoms with Crippen LogP contribution in [0.4, 0.5) is 4.79 Å². The van der Waals surface area contributed by atoms with Crippen molar-refractivity contribution in [3.8, 4) is 0 Å². The summed E-state index contributed by atoms with van der Waals surface area (Å²) in [7, 11) is 0. The third kappa shape index (κ3) is 7.70. The topological polar surface area (TPSA) is 64.6 Å². The standard InChI is InChI=1S/C13H23NO4/c1-6-8-9-10(11(15)17-7-2)14-12(16)18-13(3,4)5/h6,8,10H,7,9H2,1-5H3,(H,14,16)/b8-6+. The lowest BCUT2D eigenvalue weighted by Crippen LogP contribution is -2.44. The quantitative estimate of drug-likeness (QED) is 0.606. The first kappa shape index (κ1) is 16.5. The van der Waals surface area contributed by atoms with Crippen LogP contribution in [0.25, 0.3) is 0 Å². The fourth-order valence-corrected chi connectivity index (χ4v) is 1.18. The second kappa shape index (κ2) is 7.74. The third-order valence-electron chi connectivity index (χ3n) is 1.87. The van der Waals surface area contributed by atoms with Crippen LogP contribution in [0.1, 0.15) is 41.0 Å². The van der Waals surface area contributed by atoms with Gasteiger partial charge in [-0.2, -0.15) is 0 Å². The van der Waals surface area contributed by atoms with E-state index < -0.39 is 23.7 Å². The minimum absolute atomic E-state index is 0.279. The Bertz CT molecular complexity index is 305. The van der Waals surface area contributed by atoms with Gasteiger partial charge >= 0.3 is 12.1 Å². The Morgan fingerprint density at radius 3 is 2.39 bits per heavy atom. The molecule has 1 atom stereocenters. The highest BCUT2D eigenvalue weighted by molar-refractivity contribution is 5.81. The van der Waals surface area contributed by atoms with Crippen LogP contribution in [0, 0.1) is 0 Å². The van der Waals surface area contributed by atoms with Crippen LogP contribution in [-0.2, 0) is 14.3 Å². The molecule has 0 aliphatic carbocycles. The van der Waals surface area contributed by atoms with Crippen molar-refractivity contribution in [2.45, 2.75) is 52.7 Å². The van der Waals surface area contributed by atoms with Crippen molar-refractivity contribution in [2.75, 3.05) is 6.61 Å². The molecule has 0 rings (SSSR count). The average molecular weight is 257 g/mol. The van der Waals surface area contributed by atoms with Crippen molar-refractivity contribution < 1.29 is 19.1 Å². The molecule has 0 bridgehead atoms. The number of rotatable bonds is 5. The summed E-state index contributed by atoms with van der Waals surface area (Å²) in [6, 6.07) is -0.712. The molecule has 0 aliphatic heterocycles. The van der Waals surface area contributed by atoms with E-state index in [4.69, 9.17) is 9.47 Å². The number of hydrogen-bond acceptors (Lipinski definition) is 4. The summed E-state index contributed by atoms with van der Waals surface area (Å²) in [5.41, 5.74) is -0.593. The van der Waals surface area contributed by atoms with E-state index in [1.54, 1.807) is 33.8 Å². The van der Waals surface area contributed by atoms with Gasteiger partial charge in [-0.25, -0.2) is 9.59 Å². The predicted octanol–water partition coefficient (Wildman–Crippen LogP) is 2.41. The third-order valence-corrected chi connectivity index (χ3v) is 1.87. The minimum atomic E-state index is -0.712. The van der Waals surface area contributed by atoms with Crippen LogP contribution in [0.5, 0.6) is 0 Å². The molecule has 18 heavy (non-hydrogen) atoms. The van der Waals surface area contributed by atoms with Gasteiger partial charge in [0, 0.05) is 0 Å². The number of nitrogens with one attached hydrogen (secondary N) is 1. The van der Waals surface area contributed by atoms with E-state index in [9.17, 15) is 9.59 Å². The van der Waals surface area contributed by atoms with Gasteiger partial charge in [0.15, 0.2) is 0 Å². The van der Waals surface area contributed by atoms with E-state index in [0.717, 1.165) is 0 Å². The van der Waals surface area contributed by atoms with Crippen molar-refractivity contribution in [1.82, 2.24) is 5.32 Å². The Balaban J connectivity index is 4.48. The fraction of sp³-hybridized carbons (Fsp3) is 0.692. The van der Waals surface area contributed by atoms with Gasteiger partial charge in [0.2, 0.25) is 0 Å². The van der Waals surface area contributed by atoms with E-state index in [1.807, 2.05) is 13.0 Å². The second-order valence-corrected chi connectivity index (χ2v) is 4.76. The molecule has 0 aliphatic rings. The SMILES string of the molecule is C/C=C/CC(NC(=O)OC(C)(C)C)C(=O)OCC. The molecule has 0 spiro atoms. The lowest BCUT2D eigenvalue weighted by molar-refractivity contribution is -0.145. The van der Waals surface area contributed by atoms with E-state index in [1.165, 1.54) is 0 Å². The average Bonchev–Trinajstić information content (AvgIpc) is 2.21. The molecule has 0 aromatic carbocycles. The highest BCUT2D eigenvalue weighted by Crippen LogP contribution is 2.07. The van der Waals surface area contributed by atoms with Gasteiger partial charge in [0.1, 0.15) is 11.6 Å². The van der Waals surface area contributed by atoms with Crippen LogP contribution in [0.2, 0.25) is 0 Å². The van der Waals surface area contributed by atoms with Gasteiger partial charge in [-0.3, -0.25) is 0 Å². The number of amides is 1. The van der Waals surface area contributed by atoms with Crippen molar-refractivity contribution in [3.05, 3.63) is 12.2 Å². The van der Waals surface area contributed by atoms with Crippen LogP contribution in [-0.4, -0.2) is 30.3 Å². The lowest BCUT2D eigenvalue weighted by atomic mass is 10.2. The highest BCUT2D eigenvalue weighted by Gasteiger charge is 2.24. The molecule has 0 aromatic heterocycles. The van der Waals surface area contributed by atoms with Gasteiger partial charge in [-0.05, 0) is 41.0 Å². The smallest absolute Gasteiger partial charge is 0.408 e. The normalized spacial score (nSPS) is 13.2. The first-order valence-electron chi connectivity index (χ1n) is 6.07. The molecule has 1 amide bonds. The number of allylic oxidation sites excluding steroid dienone is 1. The zero-order chi connectivity index (χ0) is 14.2. The van der Waals surface area contributed by atoms with Crippen molar-refractivity contribution in [3.63, 3.8) is 0 Å². The van der Waals surface area contributed by atoms with E-state index in [0.29, 0.717) is 6.42 Å². The molecule has 0 aromatic rings. The number of carbonyl (C=O) groups excluding carboxylic acids is 2. The summed E-state index contributed by atoms with van der Waals surface area (Å²) < 4.78 is 9.98. The Labute approximate surface area is 109 Å². The maximum absolute atomic E-state index is 11.6. The van der Waals surface area contributed by atoms with Crippen molar-refractivity contribution in [1.29, 1.82) is 0 Å². The van der Waals surface area contributed by atoms with Crippen LogP contribution < -0.4 is 5.32 Å². The van der Waals surface area contributed by atoms with Crippen LogP contribution in [0.15, 0.2) is 12.2 Å². The number of esters is 1. The zero-order valence-corrected chi connectivity index (χ0v) is 11.8. The number of ether oxygens (including phenoxy) is 2. The summed E-state index contributed by atoms with van der Waals surface area (Å²) in [5.74, 6) is -0.457. The molecular weight excluding hydrogens is 234 g/mol. The van der Waals surface area contributed by atoms with Crippen LogP contribution in [0.3, 0.4) is 0 Å². The van der Waals surface area contributed by atoms with Gasteiger partial charge in [0.05, 0.1) is 6.61 Å². The molecule has 0 radical (unpaired) electrons. The van der Waals surface area contributed by atoms with Crippen molar-refractivity contribution in [2.24, 2.45) is 0 Å². The Kier molecular flexibility index (Phi) is 7.08. The highest BCUT2D eigenvalue weighted by atomic mass is 16.6. The van der Waals surface area contributed by atoms with Crippen molar-refractivity contribution >= 4 is 12.1 Å². The maximum Gasteiger partial charge on any atom is 0.408 e. The summed E-state index contributed by atoms with van der Waals surface area (Å²) in [6.45, 7) is 9.13. The number of hydrogen-bond donors (Lipinski definition) is 1. The molecule has 0 saturated heterocycles. The first-order chi connectivity index (χ1) is 8.30.